The summed E-state index contributed by atoms with van der Waals surface area (Å²) in [4.78, 5) is 16.4. The summed E-state index contributed by atoms with van der Waals surface area (Å²) >= 11 is 6.12. The van der Waals surface area contributed by atoms with Gasteiger partial charge in [0.25, 0.3) is 5.91 Å². The van der Waals surface area contributed by atoms with E-state index in [-0.39, 0.29) is 11.4 Å². The van der Waals surface area contributed by atoms with E-state index in [1.807, 2.05) is 20.8 Å². The Balaban J connectivity index is 2.29. The summed E-state index contributed by atoms with van der Waals surface area (Å²) in [6.45, 7) is 5.74. The van der Waals surface area contributed by atoms with Crippen LogP contribution in [0, 0.1) is 0 Å². The molecule has 0 spiro atoms. The number of hydrogen-bond donors (Lipinski definition) is 2. The molecular weight excluding hydrogens is 342 g/mol. The van der Waals surface area contributed by atoms with E-state index < -0.39 is 0 Å². The van der Waals surface area contributed by atoms with Crippen molar-refractivity contribution in [3.8, 4) is 11.5 Å². The normalized spacial score (nSPS) is 11.0. The second kappa shape index (κ2) is 7.61. The third kappa shape index (κ3) is 5.00. The number of anilines is 2. The first-order valence-electron chi connectivity index (χ1n) is 7.70. The van der Waals surface area contributed by atoms with Crippen molar-refractivity contribution < 1.29 is 14.3 Å². The predicted octanol–water partition coefficient (Wildman–Crippen LogP) is 4.02. The molecule has 2 N–H and O–H groups in total. The van der Waals surface area contributed by atoms with Gasteiger partial charge in [-0.05, 0) is 32.9 Å². The number of halogens is 1. The molecule has 0 unspecified atom stereocenters. The molecule has 2 aromatic rings. The lowest BCUT2D eigenvalue weighted by atomic mass is 10.1. The molecule has 0 radical (unpaired) electrons. The van der Waals surface area contributed by atoms with Crippen LogP contribution in [0.3, 0.4) is 0 Å². The molecule has 1 amide bonds. The Morgan fingerprint density at radius 1 is 1.12 bits per heavy atom. The van der Waals surface area contributed by atoms with Gasteiger partial charge in [-0.1, -0.05) is 11.6 Å². The van der Waals surface area contributed by atoms with Crippen molar-refractivity contribution in [2.24, 2.45) is 0 Å². The van der Waals surface area contributed by atoms with Crippen LogP contribution in [0.15, 0.2) is 30.5 Å². The summed E-state index contributed by atoms with van der Waals surface area (Å²) < 4.78 is 10.6. The molecule has 25 heavy (non-hydrogen) atoms. The van der Waals surface area contributed by atoms with E-state index >= 15 is 0 Å². The van der Waals surface area contributed by atoms with Crippen LogP contribution < -0.4 is 20.1 Å². The van der Waals surface area contributed by atoms with Gasteiger partial charge in [0.2, 0.25) is 0 Å². The Morgan fingerprint density at radius 3 is 2.40 bits per heavy atom. The summed E-state index contributed by atoms with van der Waals surface area (Å²) in [5, 5.41) is 6.53. The number of benzene rings is 1. The highest BCUT2D eigenvalue weighted by Crippen LogP contribution is 2.37. The topological polar surface area (TPSA) is 72.5 Å². The van der Waals surface area contributed by atoms with Gasteiger partial charge in [0, 0.05) is 29.6 Å². The maximum Gasteiger partial charge on any atom is 0.270 e. The van der Waals surface area contributed by atoms with Gasteiger partial charge in [0.05, 0.1) is 24.9 Å². The van der Waals surface area contributed by atoms with Crippen molar-refractivity contribution in [2.75, 3.05) is 19.5 Å². The molecule has 1 heterocycles. The quantitative estimate of drug-likeness (QED) is 0.839. The van der Waals surface area contributed by atoms with Gasteiger partial charge in [-0.15, -0.1) is 0 Å². The van der Waals surface area contributed by atoms with Gasteiger partial charge in [-0.2, -0.15) is 0 Å². The molecule has 0 saturated carbocycles. The SMILES string of the molecule is COc1cc(Nc2ccnc(C(=O)NC(C)(C)C)c2)c(OC)cc1Cl. The number of rotatable bonds is 5. The number of hydrogen-bond acceptors (Lipinski definition) is 5. The molecule has 0 aliphatic rings. The number of amides is 1. The Labute approximate surface area is 152 Å². The van der Waals surface area contributed by atoms with Gasteiger partial charge in [-0.3, -0.25) is 9.78 Å². The number of nitrogens with zero attached hydrogens (tertiary/aromatic N) is 1. The first-order chi connectivity index (χ1) is 11.7. The molecule has 1 aromatic carbocycles. The standard InChI is InChI=1S/C18H22ClN3O3/c1-18(2,3)22-17(23)14-8-11(6-7-20-14)21-13-10-15(24-4)12(19)9-16(13)25-5/h6-10H,1-5H3,(H,20,21)(H,22,23). The molecule has 6 nitrogen and oxygen atoms in total. The summed E-state index contributed by atoms with van der Waals surface area (Å²) in [7, 11) is 3.09. The minimum absolute atomic E-state index is 0.239. The van der Waals surface area contributed by atoms with Crippen molar-refractivity contribution >= 4 is 28.9 Å². The monoisotopic (exact) mass is 363 g/mol. The van der Waals surface area contributed by atoms with Gasteiger partial charge >= 0.3 is 0 Å². The maximum absolute atomic E-state index is 12.3. The first kappa shape index (κ1) is 18.9. The van der Waals surface area contributed by atoms with E-state index in [0.29, 0.717) is 33.6 Å². The van der Waals surface area contributed by atoms with E-state index in [0.717, 1.165) is 0 Å². The number of aromatic nitrogens is 1. The largest absolute Gasteiger partial charge is 0.495 e. The number of carbonyl (C=O) groups is 1. The highest BCUT2D eigenvalue weighted by molar-refractivity contribution is 6.32. The van der Waals surface area contributed by atoms with E-state index in [1.165, 1.54) is 0 Å². The fourth-order valence-electron chi connectivity index (χ4n) is 2.15. The zero-order valence-electron chi connectivity index (χ0n) is 14.9. The molecular formula is C18H22ClN3O3. The Hall–Kier alpha value is -2.47. The van der Waals surface area contributed by atoms with E-state index in [2.05, 4.69) is 15.6 Å². The highest BCUT2D eigenvalue weighted by Gasteiger charge is 2.17. The van der Waals surface area contributed by atoms with Gasteiger partial charge in [0.15, 0.2) is 0 Å². The molecule has 0 bridgehead atoms. The second-order valence-corrected chi connectivity index (χ2v) is 6.85. The van der Waals surface area contributed by atoms with Crippen LogP contribution in [0.2, 0.25) is 5.02 Å². The third-order valence-electron chi connectivity index (χ3n) is 3.23. The van der Waals surface area contributed by atoms with Crippen LogP contribution in [0.25, 0.3) is 0 Å². The number of carbonyl (C=O) groups excluding carboxylic acids is 1. The predicted molar refractivity (Wildman–Crippen MR) is 99.3 cm³/mol. The van der Waals surface area contributed by atoms with E-state index in [9.17, 15) is 4.79 Å². The van der Waals surface area contributed by atoms with Crippen LogP contribution in [0.4, 0.5) is 11.4 Å². The average molecular weight is 364 g/mol. The van der Waals surface area contributed by atoms with Crippen LogP contribution in [0.1, 0.15) is 31.3 Å². The van der Waals surface area contributed by atoms with Crippen molar-refractivity contribution in [1.82, 2.24) is 10.3 Å². The molecule has 7 heteroatoms. The summed E-state index contributed by atoms with van der Waals surface area (Å²) in [6, 6.07) is 6.82. The van der Waals surface area contributed by atoms with Gasteiger partial charge < -0.3 is 20.1 Å². The maximum atomic E-state index is 12.3. The molecule has 0 atom stereocenters. The molecule has 2 rings (SSSR count). The third-order valence-corrected chi connectivity index (χ3v) is 3.53. The van der Waals surface area contributed by atoms with E-state index in [1.54, 1.807) is 44.7 Å². The lowest BCUT2D eigenvalue weighted by Crippen LogP contribution is -2.40. The number of ether oxygens (including phenoxy) is 2. The van der Waals surface area contributed by atoms with Gasteiger partial charge in [-0.25, -0.2) is 0 Å². The van der Waals surface area contributed by atoms with Crippen LogP contribution in [-0.2, 0) is 0 Å². The second-order valence-electron chi connectivity index (χ2n) is 6.45. The molecule has 0 aliphatic carbocycles. The lowest BCUT2D eigenvalue weighted by molar-refractivity contribution is 0.0914. The Bertz CT molecular complexity index is 773. The molecule has 0 aliphatic heterocycles. The zero-order chi connectivity index (χ0) is 18.6. The first-order valence-corrected chi connectivity index (χ1v) is 8.08. The molecule has 0 saturated heterocycles. The van der Waals surface area contributed by atoms with Crippen molar-refractivity contribution in [3.05, 3.63) is 41.2 Å². The zero-order valence-corrected chi connectivity index (χ0v) is 15.7. The number of methoxy groups -OCH3 is 2. The average Bonchev–Trinajstić information content (AvgIpc) is 2.54. The van der Waals surface area contributed by atoms with Crippen LogP contribution in [0.5, 0.6) is 11.5 Å². The summed E-state index contributed by atoms with van der Waals surface area (Å²) in [6.07, 6.45) is 1.57. The Morgan fingerprint density at radius 2 is 1.80 bits per heavy atom. The van der Waals surface area contributed by atoms with Crippen LogP contribution in [-0.4, -0.2) is 30.6 Å². The van der Waals surface area contributed by atoms with Crippen molar-refractivity contribution in [3.63, 3.8) is 0 Å². The van der Waals surface area contributed by atoms with Gasteiger partial charge in [0.1, 0.15) is 17.2 Å². The summed E-state index contributed by atoms with van der Waals surface area (Å²) in [5.41, 5.74) is 1.34. The summed E-state index contributed by atoms with van der Waals surface area (Å²) in [5.74, 6) is 0.838. The fraction of sp³-hybridized carbons (Fsp3) is 0.333. The van der Waals surface area contributed by atoms with Crippen LogP contribution >= 0.6 is 11.6 Å². The fourth-order valence-corrected chi connectivity index (χ4v) is 2.38. The Kier molecular flexibility index (Phi) is 5.74. The molecule has 1 aromatic heterocycles. The smallest absolute Gasteiger partial charge is 0.270 e. The minimum Gasteiger partial charge on any atom is -0.495 e. The highest BCUT2D eigenvalue weighted by atomic mass is 35.5. The van der Waals surface area contributed by atoms with E-state index in [4.69, 9.17) is 21.1 Å². The lowest BCUT2D eigenvalue weighted by Gasteiger charge is -2.20. The van der Waals surface area contributed by atoms with Crippen molar-refractivity contribution in [2.45, 2.75) is 26.3 Å². The van der Waals surface area contributed by atoms with Crippen molar-refractivity contribution in [1.29, 1.82) is 0 Å². The molecule has 134 valence electrons. The minimum atomic E-state index is -0.338. The number of nitrogens with one attached hydrogen (secondary N) is 2. The number of pyridine rings is 1. The molecule has 0 fully saturated rings.